The fourth-order valence-corrected chi connectivity index (χ4v) is 5.88. The van der Waals surface area contributed by atoms with Crippen LogP contribution in [0, 0.1) is 0 Å². The van der Waals surface area contributed by atoms with Gasteiger partial charge in [-0.1, -0.05) is 60.5 Å². The van der Waals surface area contributed by atoms with Gasteiger partial charge in [-0.15, -0.1) is 0 Å². The number of hydrogen-bond acceptors (Lipinski definition) is 5. The van der Waals surface area contributed by atoms with E-state index in [0.717, 1.165) is 34.6 Å². The van der Waals surface area contributed by atoms with Crippen molar-refractivity contribution in [1.82, 2.24) is 9.91 Å². The standard InChI is InChI=1S/C27H25Cl2FN4O/c1-3-17(2)26-27(16-31-23-14-20(29)7-8-21(23)27)22(18-5-4-6-19(28)13-18)15-25-32-33(10-9-24(30)35)11-12-34(25)26/h4-8,11-14,16,22,26H,2-3,9-10,15H2,1H3. The molecule has 1 fully saturated rings. The zero-order chi connectivity index (χ0) is 24.7. The largest absolute Gasteiger partial charge is 0.325 e. The summed E-state index contributed by atoms with van der Waals surface area (Å²) in [6, 6.07) is 12.2. The monoisotopic (exact) mass is 510 g/mol. The Morgan fingerprint density at radius 3 is 2.74 bits per heavy atom. The number of carbonyl (C=O) groups excluding carboxylic acids is 1. The number of nitrogens with zero attached hydrogens (tertiary/aromatic N) is 4. The molecule has 0 amide bonds. The van der Waals surface area contributed by atoms with Crippen molar-refractivity contribution < 1.29 is 9.18 Å². The van der Waals surface area contributed by atoms with Crippen molar-refractivity contribution in [3.63, 3.8) is 0 Å². The van der Waals surface area contributed by atoms with Gasteiger partial charge in [-0.2, -0.15) is 9.49 Å². The Balaban J connectivity index is 1.69. The Morgan fingerprint density at radius 1 is 1.20 bits per heavy atom. The van der Waals surface area contributed by atoms with Gasteiger partial charge in [-0.3, -0.25) is 14.8 Å². The molecule has 0 aromatic heterocycles. The zero-order valence-corrected chi connectivity index (χ0v) is 20.8. The Hall–Kier alpha value is -2.96. The van der Waals surface area contributed by atoms with Gasteiger partial charge in [-0.05, 0) is 41.8 Å². The molecule has 0 saturated carbocycles. The molecule has 5 nitrogen and oxygen atoms in total. The fraction of sp³-hybridized carbons (Fsp3) is 0.296. The van der Waals surface area contributed by atoms with E-state index in [2.05, 4.69) is 30.5 Å². The third-order valence-electron chi connectivity index (χ3n) is 7.11. The van der Waals surface area contributed by atoms with Crippen LogP contribution in [0.4, 0.5) is 10.1 Å². The van der Waals surface area contributed by atoms with Crippen molar-refractivity contribution in [3.8, 4) is 0 Å². The minimum Gasteiger partial charge on any atom is -0.325 e. The Morgan fingerprint density at radius 2 is 2.00 bits per heavy atom. The van der Waals surface area contributed by atoms with E-state index in [1.807, 2.05) is 42.7 Å². The van der Waals surface area contributed by atoms with E-state index in [1.165, 1.54) is 0 Å². The van der Waals surface area contributed by atoms with Gasteiger partial charge >= 0.3 is 6.04 Å². The van der Waals surface area contributed by atoms with Gasteiger partial charge in [0.1, 0.15) is 5.84 Å². The highest BCUT2D eigenvalue weighted by Gasteiger charge is 2.56. The molecule has 2 aromatic rings. The predicted octanol–water partition coefficient (Wildman–Crippen LogP) is 6.76. The molecule has 3 aliphatic heterocycles. The van der Waals surface area contributed by atoms with Crippen LogP contribution in [-0.2, 0) is 10.2 Å². The molecule has 2 aromatic carbocycles. The molecular formula is C27H25Cl2FN4O. The summed E-state index contributed by atoms with van der Waals surface area (Å²) in [5, 5.41) is 7.71. The number of carbonyl (C=O) groups is 1. The quantitative estimate of drug-likeness (QED) is 0.318. The van der Waals surface area contributed by atoms with Crippen LogP contribution in [0.5, 0.6) is 0 Å². The Labute approximate surface area is 214 Å². The van der Waals surface area contributed by atoms with Crippen molar-refractivity contribution in [2.75, 3.05) is 6.54 Å². The third kappa shape index (κ3) is 4.09. The second-order valence-electron chi connectivity index (χ2n) is 9.07. The first-order valence-corrected chi connectivity index (χ1v) is 12.4. The van der Waals surface area contributed by atoms with Gasteiger partial charge in [0.05, 0.1) is 30.1 Å². The van der Waals surface area contributed by atoms with Crippen LogP contribution in [0.2, 0.25) is 10.0 Å². The van der Waals surface area contributed by atoms with Crippen LogP contribution < -0.4 is 0 Å². The normalized spacial score (nSPS) is 24.4. The summed E-state index contributed by atoms with van der Waals surface area (Å²) >= 11 is 12.8. The summed E-state index contributed by atoms with van der Waals surface area (Å²) in [5.74, 6) is 0.775. The average Bonchev–Trinajstić information content (AvgIpc) is 3.20. The lowest BCUT2D eigenvalue weighted by atomic mass is 9.59. The van der Waals surface area contributed by atoms with Gasteiger partial charge in [0, 0.05) is 41.0 Å². The van der Waals surface area contributed by atoms with Crippen LogP contribution >= 0.6 is 23.2 Å². The number of benzene rings is 2. The lowest BCUT2D eigenvalue weighted by Crippen LogP contribution is -2.60. The molecule has 1 saturated heterocycles. The number of amidine groups is 1. The maximum Gasteiger partial charge on any atom is 0.303 e. The summed E-state index contributed by atoms with van der Waals surface area (Å²) < 4.78 is 12.9. The highest BCUT2D eigenvalue weighted by Crippen LogP contribution is 2.56. The lowest BCUT2D eigenvalue weighted by molar-refractivity contribution is -0.129. The smallest absolute Gasteiger partial charge is 0.303 e. The van der Waals surface area contributed by atoms with Crippen LogP contribution in [-0.4, -0.2) is 40.6 Å². The average molecular weight is 511 g/mol. The molecule has 3 atom stereocenters. The number of fused-ring (bicyclic) bond motifs is 3. The van der Waals surface area contributed by atoms with E-state index < -0.39 is 11.5 Å². The third-order valence-corrected chi connectivity index (χ3v) is 7.58. The molecule has 0 N–H and O–H groups in total. The highest BCUT2D eigenvalue weighted by atomic mass is 35.5. The molecule has 3 aliphatic rings. The van der Waals surface area contributed by atoms with Crippen molar-refractivity contribution in [2.45, 2.75) is 43.6 Å². The second kappa shape index (κ2) is 9.25. The van der Waals surface area contributed by atoms with Gasteiger partial charge in [0.2, 0.25) is 0 Å². The SMILES string of the molecule is C=C(CC)C1N2C=CN(CCC(=O)F)N=C2CC(c2cccc(Cl)c2)C12C=Nc1cc(Cl)ccc12. The van der Waals surface area contributed by atoms with Crippen LogP contribution in [0.25, 0.3) is 0 Å². The fourth-order valence-electron chi connectivity index (χ4n) is 5.51. The first-order valence-electron chi connectivity index (χ1n) is 11.6. The minimum atomic E-state index is -1.35. The topological polar surface area (TPSA) is 48.3 Å². The second-order valence-corrected chi connectivity index (χ2v) is 9.94. The van der Waals surface area contributed by atoms with Gasteiger partial charge in [0.25, 0.3) is 0 Å². The summed E-state index contributed by atoms with van der Waals surface area (Å²) in [4.78, 5) is 17.9. The number of piperidine rings is 1. The zero-order valence-electron chi connectivity index (χ0n) is 19.3. The van der Waals surface area contributed by atoms with Crippen molar-refractivity contribution in [2.24, 2.45) is 10.1 Å². The summed E-state index contributed by atoms with van der Waals surface area (Å²) in [6.07, 6.45) is 6.92. The first-order chi connectivity index (χ1) is 16.8. The van der Waals surface area contributed by atoms with Crippen LogP contribution in [0.1, 0.15) is 43.2 Å². The van der Waals surface area contributed by atoms with E-state index in [1.54, 1.807) is 11.2 Å². The van der Waals surface area contributed by atoms with E-state index in [4.69, 9.17) is 33.3 Å². The molecule has 35 heavy (non-hydrogen) atoms. The number of hydrazone groups is 1. The molecule has 1 spiro atoms. The maximum atomic E-state index is 12.9. The summed E-state index contributed by atoms with van der Waals surface area (Å²) in [7, 11) is 0. The first kappa shape index (κ1) is 23.8. The van der Waals surface area contributed by atoms with E-state index >= 15 is 0 Å². The Kier molecular flexibility index (Phi) is 6.28. The molecule has 180 valence electrons. The lowest BCUT2D eigenvalue weighted by Gasteiger charge is -2.53. The number of rotatable bonds is 6. The van der Waals surface area contributed by atoms with Gasteiger partial charge in [-0.25, -0.2) is 0 Å². The van der Waals surface area contributed by atoms with E-state index in [9.17, 15) is 9.18 Å². The van der Waals surface area contributed by atoms with Crippen molar-refractivity contribution in [1.29, 1.82) is 0 Å². The molecule has 5 rings (SSSR count). The molecule has 3 unspecified atom stereocenters. The molecular weight excluding hydrogens is 486 g/mol. The van der Waals surface area contributed by atoms with E-state index in [-0.39, 0.29) is 24.9 Å². The minimum absolute atomic E-state index is 0.0492. The number of aliphatic imine (C=N–C) groups is 1. The van der Waals surface area contributed by atoms with Crippen LogP contribution in [0.3, 0.4) is 0 Å². The molecule has 3 heterocycles. The summed E-state index contributed by atoms with van der Waals surface area (Å²) in [5.41, 5.74) is 3.52. The number of hydrogen-bond donors (Lipinski definition) is 0. The Bertz CT molecular complexity index is 1290. The molecule has 8 heteroatoms. The molecule has 0 aliphatic carbocycles. The molecule has 0 bridgehead atoms. The van der Waals surface area contributed by atoms with E-state index in [0.29, 0.717) is 16.5 Å². The van der Waals surface area contributed by atoms with Crippen molar-refractivity contribution in [3.05, 3.63) is 88.2 Å². The van der Waals surface area contributed by atoms with Gasteiger partial charge < -0.3 is 4.90 Å². The maximum absolute atomic E-state index is 12.9. The molecule has 0 radical (unpaired) electrons. The van der Waals surface area contributed by atoms with Crippen molar-refractivity contribution >= 4 is 47.0 Å². The van der Waals surface area contributed by atoms with Crippen LogP contribution in [0.15, 0.2) is 77.1 Å². The highest BCUT2D eigenvalue weighted by molar-refractivity contribution is 6.31. The summed E-state index contributed by atoms with van der Waals surface area (Å²) in [6.45, 7) is 6.74. The van der Waals surface area contributed by atoms with Gasteiger partial charge in [0.15, 0.2) is 0 Å². The number of halogens is 3. The predicted molar refractivity (Wildman–Crippen MR) is 139 cm³/mol.